The second-order valence-corrected chi connectivity index (χ2v) is 7.27. The van der Waals surface area contributed by atoms with Crippen molar-refractivity contribution >= 4 is 22.6 Å². The van der Waals surface area contributed by atoms with Gasteiger partial charge in [0.2, 0.25) is 0 Å². The van der Waals surface area contributed by atoms with Gasteiger partial charge in [0.05, 0.1) is 18.1 Å². The van der Waals surface area contributed by atoms with E-state index in [-0.39, 0.29) is 23.2 Å². The van der Waals surface area contributed by atoms with Gasteiger partial charge in [0, 0.05) is 50.0 Å². The molecule has 0 bridgehead atoms. The fourth-order valence-electron chi connectivity index (χ4n) is 3.30. The van der Waals surface area contributed by atoms with E-state index >= 15 is 0 Å². The van der Waals surface area contributed by atoms with Crippen LogP contribution in [0.1, 0.15) is 15.9 Å². The number of aromatic nitrogens is 4. The molecule has 0 atom stereocenters. The number of nitrogens with zero attached hydrogens (tertiary/aromatic N) is 4. The number of amides is 1. The molecule has 0 fully saturated rings. The van der Waals surface area contributed by atoms with E-state index in [2.05, 4.69) is 15.3 Å². The van der Waals surface area contributed by atoms with Gasteiger partial charge in [0.25, 0.3) is 11.5 Å². The summed E-state index contributed by atoms with van der Waals surface area (Å²) >= 11 is 0. The Balaban J connectivity index is 1.60. The minimum Gasteiger partial charge on any atom is -0.493 e. The molecule has 4 aromatic rings. The van der Waals surface area contributed by atoms with Crippen molar-refractivity contribution in [2.75, 3.05) is 12.4 Å². The molecule has 0 radical (unpaired) electrons. The average Bonchev–Trinajstić information content (AvgIpc) is 2.85. The molecular weight excluding hydrogens is 426 g/mol. The van der Waals surface area contributed by atoms with Gasteiger partial charge in [-0.05, 0) is 24.3 Å². The SMILES string of the molecule is COc1ccc(NC(=O)c2cnc3c(c2)c(=O)n(C)c(=O)n3C)cc1OCc1cccnc1. The molecule has 4 rings (SSSR count). The molecule has 1 aromatic carbocycles. The summed E-state index contributed by atoms with van der Waals surface area (Å²) in [6.45, 7) is 0.276. The van der Waals surface area contributed by atoms with Gasteiger partial charge >= 0.3 is 5.69 Å². The van der Waals surface area contributed by atoms with Crippen molar-refractivity contribution in [3.05, 3.63) is 87.0 Å². The molecule has 33 heavy (non-hydrogen) atoms. The lowest BCUT2D eigenvalue weighted by Gasteiger charge is -2.13. The number of hydrogen-bond donors (Lipinski definition) is 1. The predicted molar refractivity (Wildman–Crippen MR) is 122 cm³/mol. The van der Waals surface area contributed by atoms with Crippen LogP contribution in [-0.4, -0.2) is 32.1 Å². The maximum absolute atomic E-state index is 12.8. The average molecular weight is 447 g/mol. The van der Waals surface area contributed by atoms with Gasteiger partial charge in [-0.25, -0.2) is 9.78 Å². The van der Waals surface area contributed by atoms with Crippen LogP contribution in [0, 0.1) is 0 Å². The number of benzene rings is 1. The smallest absolute Gasteiger partial charge is 0.332 e. The van der Waals surface area contributed by atoms with Crippen LogP contribution in [0.2, 0.25) is 0 Å². The maximum atomic E-state index is 12.8. The number of pyridine rings is 2. The number of methoxy groups -OCH3 is 1. The van der Waals surface area contributed by atoms with E-state index in [1.807, 2.05) is 12.1 Å². The highest BCUT2D eigenvalue weighted by atomic mass is 16.5. The number of anilines is 1. The van der Waals surface area contributed by atoms with Gasteiger partial charge in [-0.1, -0.05) is 6.07 Å². The first kappa shape index (κ1) is 21.8. The Bertz CT molecular complexity index is 1460. The first-order valence-corrected chi connectivity index (χ1v) is 9.96. The Morgan fingerprint density at radius 1 is 1.06 bits per heavy atom. The van der Waals surface area contributed by atoms with Crippen LogP contribution >= 0.6 is 0 Å². The summed E-state index contributed by atoms with van der Waals surface area (Å²) in [4.78, 5) is 45.6. The van der Waals surface area contributed by atoms with Crippen LogP contribution < -0.4 is 26.0 Å². The van der Waals surface area contributed by atoms with Crippen molar-refractivity contribution in [1.82, 2.24) is 19.1 Å². The van der Waals surface area contributed by atoms with Crippen molar-refractivity contribution in [2.45, 2.75) is 6.61 Å². The first-order chi connectivity index (χ1) is 15.9. The molecule has 0 unspecified atom stereocenters. The largest absolute Gasteiger partial charge is 0.493 e. The fraction of sp³-hybridized carbons (Fsp3) is 0.174. The summed E-state index contributed by atoms with van der Waals surface area (Å²) in [6, 6.07) is 10.1. The van der Waals surface area contributed by atoms with Gasteiger partial charge in [0.1, 0.15) is 12.3 Å². The molecule has 10 heteroatoms. The van der Waals surface area contributed by atoms with Crippen LogP contribution in [0.5, 0.6) is 11.5 Å². The lowest BCUT2D eigenvalue weighted by atomic mass is 10.2. The molecule has 0 aliphatic carbocycles. The normalized spacial score (nSPS) is 10.8. The van der Waals surface area contributed by atoms with E-state index in [0.29, 0.717) is 17.2 Å². The summed E-state index contributed by atoms with van der Waals surface area (Å²) in [5.41, 5.74) is 0.713. The summed E-state index contributed by atoms with van der Waals surface area (Å²) in [5.74, 6) is 0.483. The number of carbonyl (C=O) groups excluding carboxylic acids is 1. The zero-order valence-corrected chi connectivity index (χ0v) is 18.2. The molecule has 168 valence electrons. The van der Waals surface area contributed by atoms with E-state index in [4.69, 9.17) is 9.47 Å². The third kappa shape index (κ3) is 4.31. The van der Waals surface area contributed by atoms with Crippen molar-refractivity contribution in [2.24, 2.45) is 14.1 Å². The van der Waals surface area contributed by atoms with Crippen LogP contribution in [0.4, 0.5) is 5.69 Å². The van der Waals surface area contributed by atoms with E-state index in [9.17, 15) is 14.4 Å². The van der Waals surface area contributed by atoms with E-state index in [1.54, 1.807) is 30.6 Å². The predicted octanol–water partition coefficient (Wildman–Crippen LogP) is 1.87. The van der Waals surface area contributed by atoms with Crippen molar-refractivity contribution < 1.29 is 14.3 Å². The third-order valence-electron chi connectivity index (χ3n) is 5.09. The zero-order valence-electron chi connectivity index (χ0n) is 18.2. The van der Waals surface area contributed by atoms with E-state index < -0.39 is 17.2 Å². The summed E-state index contributed by atoms with van der Waals surface area (Å²) in [6.07, 6.45) is 4.70. The number of fused-ring (bicyclic) bond motifs is 1. The van der Waals surface area contributed by atoms with Gasteiger partial charge in [-0.15, -0.1) is 0 Å². The third-order valence-corrected chi connectivity index (χ3v) is 5.09. The molecule has 0 aliphatic rings. The van der Waals surface area contributed by atoms with Crippen LogP contribution in [0.15, 0.2) is 64.6 Å². The lowest BCUT2D eigenvalue weighted by molar-refractivity contribution is 0.102. The zero-order chi connectivity index (χ0) is 23.5. The lowest BCUT2D eigenvalue weighted by Crippen LogP contribution is -2.37. The quantitative estimate of drug-likeness (QED) is 0.479. The van der Waals surface area contributed by atoms with E-state index in [1.165, 1.54) is 38.0 Å². The Labute approximate surface area is 188 Å². The van der Waals surface area contributed by atoms with Crippen molar-refractivity contribution in [3.63, 3.8) is 0 Å². The van der Waals surface area contributed by atoms with E-state index in [0.717, 1.165) is 10.1 Å². The topological polar surface area (TPSA) is 117 Å². The standard InChI is InChI=1S/C23H21N5O5/c1-27-20-17(22(30)28(2)23(27)31)9-15(12-25-20)21(29)26-16-6-7-18(32-3)19(10-16)33-13-14-5-4-8-24-11-14/h4-12H,13H2,1-3H3,(H,26,29). The molecular formula is C23H21N5O5. The Morgan fingerprint density at radius 2 is 1.88 bits per heavy atom. The highest BCUT2D eigenvalue weighted by Crippen LogP contribution is 2.31. The summed E-state index contributed by atoms with van der Waals surface area (Å²) in [5, 5.41) is 2.94. The fourth-order valence-corrected chi connectivity index (χ4v) is 3.30. The molecule has 1 N–H and O–H groups in total. The summed E-state index contributed by atoms with van der Waals surface area (Å²) in [7, 11) is 4.42. The molecule has 3 heterocycles. The van der Waals surface area contributed by atoms with Crippen molar-refractivity contribution in [1.29, 1.82) is 0 Å². The maximum Gasteiger partial charge on any atom is 0.332 e. The molecule has 0 aliphatic heterocycles. The van der Waals surface area contributed by atoms with Gasteiger partial charge < -0.3 is 14.8 Å². The summed E-state index contributed by atoms with van der Waals surface area (Å²) < 4.78 is 13.4. The molecule has 0 spiro atoms. The van der Waals surface area contributed by atoms with Gasteiger partial charge in [-0.2, -0.15) is 0 Å². The second-order valence-electron chi connectivity index (χ2n) is 7.27. The van der Waals surface area contributed by atoms with Crippen LogP contribution in [0.3, 0.4) is 0 Å². The number of aryl methyl sites for hydroxylation is 1. The number of hydrogen-bond acceptors (Lipinski definition) is 7. The minimum absolute atomic E-state index is 0.169. The second kappa shape index (κ2) is 8.95. The number of ether oxygens (including phenoxy) is 2. The minimum atomic E-state index is -0.522. The first-order valence-electron chi connectivity index (χ1n) is 9.96. The van der Waals surface area contributed by atoms with Gasteiger partial charge in [0.15, 0.2) is 11.5 Å². The molecule has 0 saturated heterocycles. The van der Waals surface area contributed by atoms with Gasteiger partial charge in [-0.3, -0.25) is 23.7 Å². The Morgan fingerprint density at radius 3 is 2.61 bits per heavy atom. The monoisotopic (exact) mass is 447 g/mol. The Kier molecular flexibility index (Phi) is 5.90. The Hall–Kier alpha value is -4.47. The molecule has 3 aromatic heterocycles. The van der Waals surface area contributed by atoms with Crippen LogP contribution in [-0.2, 0) is 20.7 Å². The number of nitrogens with one attached hydrogen (secondary N) is 1. The molecule has 1 amide bonds. The van der Waals surface area contributed by atoms with Crippen LogP contribution in [0.25, 0.3) is 11.0 Å². The molecule has 10 nitrogen and oxygen atoms in total. The molecule has 0 saturated carbocycles. The number of carbonyl (C=O) groups is 1. The highest BCUT2D eigenvalue weighted by molar-refractivity contribution is 6.05. The number of rotatable bonds is 6. The highest BCUT2D eigenvalue weighted by Gasteiger charge is 2.15. The van der Waals surface area contributed by atoms with Crippen molar-refractivity contribution in [3.8, 4) is 11.5 Å².